The summed E-state index contributed by atoms with van der Waals surface area (Å²) in [6.07, 6.45) is 1.42. The topological polar surface area (TPSA) is 108 Å². The van der Waals surface area contributed by atoms with Gasteiger partial charge in [-0.3, -0.25) is 9.67 Å². The number of aromatic nitrogens is 3. The van der Waals surface area contributed by atoms with E-state index in [2.05, 4.69) is 20.4 Å². The molecule has 206 valence electrons. The Hall–Kier alpha value is -3.22. The van der Waals surface area contributed by atoms with Crippen LogP contribution in [0, 0.1) is 0 Å². The van der Waals surface area contributed by atoms with Crippen LogP contribution in [0.15, 0.2) is 40.2 Å². The molecule has 0 spiro atoms. The number of fused-ring (bicyclic) bond motifs is 2. The lowest BCUT2D eigenvalue weighted by Gasteiger charge is -2.24. The second-order valence-electron chi connectivity index (χ2n) is 10.1. The fraction of sp³-hybridized carbons (Fsp3) is 0.444. The Kier molecular flexibility index (Phi) is 6.94. The molecule has 5 heterocycles. The van der Waals surface area contributed by atoms with Crippen LogP contribution in [0.3, 0.4) is 0 Å². The summed E-state index contributed by atoms with van der Waals surface area (Å²) in [6.45, 7) is 2.39. The number of ether oxygens (including phenoxy) is 2. The van der Waals surface area contributed by atoms with Crippen LogP contribution in [0.4, 0.5) is 25.8 Å². The highest BCUT2D eigenvalue weighted by Crippen LogP contribution is 2.39. The second-order valence-corrected chi connectivity index (χ2v) is 12.1. The van der Waals surface area contributed by atoms with Gasteiger partial charge in [-0.15, -0.1) is 0 Å². The molecule has 9 nitrogen and oxygen atoms in total. The van der Waals surface area contributed by atoms with Gasteiger partial charge in [0.1, 0.15) is 5.69 Å². The Morgan fingerprint density at radius 3 is 2.74 bits per heavy atom. The first-order valence-electron chi connectivity index (χ1n) is 13.0. The molecule has 1 fully saturated rings. The standard InChI is InChI=1S/C27H29F2N5O4S/c1-39(35,36)25-10-16(24-4-2-3-8-38-24)5-6-20(25)31-21-13-17(30-22-14-23(27(28)29)32-26(21)22)11-18-12-19-15-37-9-7-34(19)33-18/h5-6,10,12-13,24,27H,2-4,7-9,11,14-15H2,1H3,(H,30,31)/t24-/m1/s1. The molecule has 0 aliphatic carbocycles. The number of sulfone groups is 1. The lowest BCUT2D eigenvalue weighted by molar-refractivity contribution is 0.0148. The van der Waals surface area contributed by atoms with Gasteiger partial charge in [0.25, 0.3) is 6.43 Å². The monoisotopic (exact) mass is 557 g/mol. The molecule has 3 aliphatic heterocycles. The van der Waals surface area contributed by atoms with Gasteiger partial charge in [0.2, 0.25) is 0 Å². The minimum Gasteiger partial charge on any atom is -0.374 e. The molecule has 1 aromatic carbocycles. The summed E-state index contributed by atoms with van der Waals surface area (Å²) in [5.41, 5.74) is 4.39. The number of nitrogens with zero attached hydrogens (tertiary/aromatic N) is 4. The van der Waals surface area contributed by atoms with Crippen LogP contribution in [0.1, 0.15) is 53.7 Å². The minimum atomic E-state index is -3.63. The molecule has 3 aliphatic rings. The van der Waals surface area contributed by atoms with E-state index in [1.54, 1.807) is 18.2 Å². The van der Waals surface area contributed by atoms with Crippen molar-refractivity contribution in [2.24, 2.45) is 4.99 Å². The largest absolute Gasteiger partial charge is 0.374 e. The first-order chi connectivity index (χ1) is 18.7. The summed E-state index contributed by atoms with van der Waals surface area (Å²) in [5.74, 6) is 0. The number of alkyl halides is 2. The zero-order valence-corrected chi connectivity index (χ0v) is 22.3. The van der Waals surface area contributed by atoms with Crippen molar-refractivity contribution < 1.29 is 26.7 Å². The third kappa shape index (κ3) is 5.45. The summed E-state index contributed by atoms with van der Waals surface area (Å²) in [7, 11) is -3.63. The van der Waals surface area contributed by atoms with E-state index in [0.29, 0.717) is 61.2 Å². The van der Waals surface area contributed by atoms with Crippen LogP contribution in [-0.4, -0.2) is 54.8 Å². The molecule has 0 saturated carbocycles. The fourth-order valence-corrected chi connectivity index (χ4v) is 6.15. The first kappa shape index (κ1) is 26.0. The van der Waals surface area contributed by atoms with Gasteiger partial charge in [-0.25, -0.2) is 22.2 Å². The number of pyridine rings is 1. The van der Waals surface area contributed by atoms with Crippen molar-refractivity contribution in [3.05, 3.63) is 58.7 Å². The minimum absolute atomic E-state index is 0.0695. The lowest BCUT2D eigenvalue weighted by Crippen LogP contribution is -2.16. The van der Waals surface area contributed by atoms with E-state index >= 15 is 0 Å². The van der Waals surface area contributed by atoms with Crippen LogP contribution < -0.4 is 5.32 Å². The Balaban J connectivity index is 1.37. The smallest absolute Gasteiger partial charge is 0.277 e. The molecule has 39 heavy (non-hydrogen) atoms. The Bertz CT molecular complexity index is 1520. The number of benzene rings is 1. The molecule has 0 amide bonds. The third-order valence-electron chi connectivity index (χ3n) is 7.17. The number of anilines is 2. The van der Waals surface area contributed by atoms with Crippen LogP contribution in [0.2, 0.25) is 0 Å². The molecule has 0 bridgehead atoms. The number of halogens is 2. The van der Waals surface area contributed by atoms with Gasteiger partial charge in [0, 0.05) is 31.4 Å². The molecular weight excluding hydrogens is 528 g/mol. The van der Waals surface area contributed by atoms with Crippen LogP contribution >= 0.6 is 0 Å². The van der Waals surface area contributed by atoms with E-state index in [0.717, 1.165) is 42.5 Å². The predicted octanol–water partition coefficient (Wildman–Crippen LogP) is 4.68. The molecule has 12 heteroatoms. The summed E-state index contributed by atoms with van der Waals surface area (Å²) in [5, 5.41) is 7.82. The average Bonchev–Trinajstić information content (AvgIpc) is 3.53. The van der Waals surface area contributed by atoms with E-state index in [1.807, 2.05) is 16.8 Å². The molecule has 6 rings (SSSR count). The van der Waals surface area contributed by atoms with Crippen LogP contribution in [0.25, 0.3) is 0 Å². The SMILES string of the molecule is CS(=O)(=O)c1cc([C@H]2CCCCO2)ccc1Nc1cc(Cc2cc3n(n2)CCOC3)nc2c1N=C(C(F)F)C2. The van der Waals surface area contributed by atoms with Gasteiger partial charge in [-0.05, 0) is 49.1 Å². The second kappa shape index (κ2) is 10.4. The molecule has 0 unspecified atom stereocenters. The zero-order chi connectivity index (χ0) is 27.1. The van der Waals surface area contributed by atoms with Crippen molar-refractivity contribution in [1.82, 2.24) is 14.8 Å². The number of aliphatic imine (C=N–C) groups is 1. The van der Waals surface area contributed by atoms with Crippen molar-refractivity contribution in [2.45, 2.75) is 62.7 Å². The van der Waals surface area contributed by atoms with Gasteiger partial charge in [-0.2, -0.15) is 5.10 Å². The van der Waals surface area contributed by atoms with E-state index in [4.69, 9.17) is 9.47 Å². The fourth-order valence-electron chi connectivity index (χ4n) is 5.29. The Morgan fingerprint density at radius 1 is 1.13 bits per heavy atom. The molecule has 0 radical (unpaired) electrons. The quantitative estimate of drug-likeness (QED) is 0.449. The van der Waals surface area contributed by atoms with Gasteiger partial charge >= 0.3 is 0 Å². The van der Waals surface area contributed by atoms with Crippen molar-refractivity contribution in [3.8, 4) is 0 Å². The van der Waals surface area contributed by atoms with Crippen molar-refractivity contribution >= 4 is 32.6 Å². The number of rotatable bonds is 7. The normalized spacial score (nSPS) is 19.1. The third-order valence-corrected chi connectivity index (χ3v) is 8.31. The highest BCUT2D eigenvalue weighted by Gasteiger charge is 2.28. The number of nitrogens with one attached hydrogen (secondary N) is 1. The van der Waals surface area contributed by atoms with E-state index in [1.165, 1.54) is 0 Å². The van der Waals surface area contributed by atoms with Gasteiger partial charge in [0.05, 0.1) is 64.9 Å². The van der Waals surface area contributed by atoms with Crippen molar-refractivity contribution in [3.63, 3.8) is 0 Å². The van der Waals surface area contributed by atoms with Gasteiger partial charge in [0.15, 0.2) is 9.84 Å². The number of hydrogen-bond acceptors (Lipinski definition) is 8. The Labute approximate surface area is 225 Å². The molecule has 1 N–H and O–H groups in total. The Morgan fingerprint density at radius 2 is 2.00 bits per heavy atom. The van der Waals surface area contributed by atoms with Gasteiger partial charge in [-0.1, -0.05) is 6.07 Å². The molecule has 3 aromatic rings. The maximum Gasteiger partial charge on any atom is 0.277 e. The van der Waals surface area contributed by atoms with E-state index in [-0.39, 0.29) is 23.1 Å². The average molecular weight is 558 g/mol. The van der Waals surface area contributed by atoms with E-state index in [9.17, 15) is 17.2 Å². The predicted molar refractivity (Wildman–Crippen MR) is 141 cm³/mol. The first-order valence-corrected chi connectivity index (χ1v) is 14.9. The maximum absolute atomic E-state index is 13.6. The summed E-state index contributed by atoms with van der Waals surface area (Å²) in [4.78, 5) is 8.91. The van der Waals surface area contributed by atoms with Gasteiger partial charge < -0.3 is 14.8 Å². The van der Waals surface area contributed by atoms with Crippen LogP contribution in [-0.2, 0) is 45.3 Å². The van der Waals surface area contributed by atoms with Crippen molar-refractivity contribution in [1.29, 1.82) is 0 Å². The highest BCUT2D eigenvalue weighted by molar-refractivity contribution is 7.90. The van der Waals surface area contributed by atoms with E-state index < -0.39 is 16.3 Å². The maximum atomic E-state index is 13.6. The molecule has 1 saturated heterocycles. The zero-order valence-electron chi connectivity index (χ0n) is 21.5. The van der Waals surface area contributed by atoms with Crippen molar-refractivity contribution in [2.75, 3.05) is 24.8 Å². The molecule has 2 aromatic heterocycles. The van der Waals surface area contributed by atoms with Crippen LogP contribution in [0.5, 0.6) is 0 Å². The lowest BCUT2D eigenvalue weighted by atomic mass is 10.0. The summed E-state index contributed by atoms with van der Waals surface area (Å²) in [6, 6.07) is 8.88. The summed E-state index contributed by atoms with van der Waals surface area (Å²) >= 11 is 0. The number of hydrogen-bond donors (Lipinski definition) is 1. The summed E-state index contributed by atoms with van der Waals surface area (Å²) < 4.78 is 66.1. The molecular formula is C27H29F2N5O4S. The highest BCUT2D eigenvalue weighted by atomic mass is 32.2. The molecule has 1 atom stereocenters.